The van der Waals surface area contributed by atoms with Gasteiger partial charge >= 0.3 is 5.97 Å². The van der Waals surface area contributed by atoms with Gasteiger partial charge in [-0.05, 0) is 48.4 Å². The molecule has 0 bridgehead atoms. The highest BCUT2D eigenvalue weighted by atomic mass is 19.1. The molecule has 152 valence electrons. The third-order valence-corrected chi connectivity index (χ3v) is 5.68. The van der Waals surface area contributed by atoms with Crippen LogP contribution in [0.2, 0.25) is 0 Å². The van der Waals surface area contributed by atoms with Crippen LogP contribution in [-0.4, -0.2) is 29.9 Å². The number of carbonyl (C=O) groups is 1. The van der Waals surface area contributed by atoms with Crippen molar-refractivity contribution >= 4 is 16.9 Å². The molecule has 29 heavy (non-hydrogen) atoms. The molecule has 7 heteroatoms. The van der Waals surface area contributed by atoms with Crippen LogP contribution in [-0.2, 0) is 4.74 Å². The molecule has 0 amide bonds. The van der Waals surface area contributed by atoms with E-state index in [1.165, 1.54) is 19.2 Å². The van der Waals surface area contributed by atoms with Crippen molar-refractivity contribution in [1.29, 1.82) is 0 Å². The highest BCUT2D eigenvalue weighted by molar-refractivity contribution is 5.89. The molecule has 0 aliphatic heterocycles. The summed E-state index contributed by atoms with van der Waals surface area (Å²) in [5.74, 6) is -1.29. The molecule has 0 saturated heterocycles. The average Bonchev–Trinajstić information content (AvgIpc) is 3.19. The number of halogens is 2. The third kappa shape index (κ3) is 3.95. The number of fused-ring (bicyclic) bond motifs is 1. The molecule has 2 aromatic carbocycles. The van der Waals surface area contributed by atoms with Crippen LogP contribution in [0.3, 0.4) is 0 Å². The van der Waals surface area contributed by atoms with E-state index in [4.69, 9.17) is 4.74 Å². The normalized spacial score (nSPS) is 19.3. The van der Waals surface area contributed by atoms with Crippen LogP contribution in [0.1, 0.15) is 47.5 Å². The number of nitrogens with one attached hydrogen (secondary N) is 1. The summed E-state index contributed by atoms with van der Waals surface area (Å²) >= 11 is 0. The molecular weight excluding hydrogens is 378 g/mol. The number of nitrogens with zero attached hydrogens (tertiary/aromatic N) is 1. The second-order valence-electron chi connectivity index (χ2n) is 7.43. The van der Waals surface area contributed by atoms with Crippen LogP contribution >= 0.6 is 0 Å². The van der Waals surface area contributed by atoms with Crippen LogP contribution in [0.5, 0.6) is 5.75 Å². The smallest absolute Gasteiger partial charge is 0.340 e. The first-order chi connectivity index (χ1) is 14.1. The molecule has 2 atom stereocenters. The number of ether oxygens (including phenoxy) is 2. The Balaban J connectivity index is 1.54. The second-order valence-corrected chi connectivity index (χ2v) is 7.43. The molecule has 3 aromatic rings. The van der Waals surface area contributed by atoms with Gasteiger partial charge in [0.2, 0.25) is 0 Å². The van der Waals surface area contributed by atoms with Gasteiger partial charge in [-0.3, -0.25) is 5.10 Å². The largest absolute Gasteiger partial charge is 0.490 e. The van der Waals surface area contributed by atoms with Crippen molar-refractivity contribution in [3.8, 4) is 5.75 Å². The van der Waals surface area contributed by atoms with Gasteiger partial charge in [0.15, 0.2) is 11.6 Å². The molecule has 0 spiro atoms. The van der Waals surface area contributed by atoms with Crippen molar-refractivity contribution < 1.29 is 23.0 Å². The average molecular weight is 400 g/mol. The van der Waals surface area contributed by atoms with Crippen molar-refractivity contribution in [2.24, 2.45) is 5.92 Å². The predicted octanol–water partition coefficient (Wildman–Crippen LogP) is 4.98. The van der Waals surface area contributed by atoms with E-state index in [0.29, 0.717) is 12.1 Å². The minimum atomic E-state index is -0.691. The first kappa shape index (κ1) is 19.4. The molecule has 4 rings (SSSR count). The van der Waals surface area contributed by atoms with Gasteiger partial charge < -0.3 is 9.47 Å². The number of rotatable bonds is 5. The predicted molar refractivity (Wildman–Crippen MR) is 104 cm³/mol. The fourth-order valence-electron chi connectivity index (χ4n) is 4.14. The van der Waals surface area contributed by atoms with Crippen molar-refractivity contribution in [3.05, 3.63) is 59.3 Å². The third-order valence-electron chi connectivity index (χ3n) is 5.68. The maximum Gasteiger partial charge on any atom is 0.340 e. The maximum absolute atomic E-state index is 14.3. The first-order valence-corrected chi connectivity index (χ1v) is 9.70. The summed E-state index contributed by atoms with van der Waals surface area (Å²) in [6.07, 6.45) is 5.55. The lowest BCUT2D eigenvalue weighted by Crippen LogP contribution is -2.24. The molecule has 1 N–H and O–H groups in total. The van der Waals surface area contributed by atoms with E-state index in [-0.39, 0.29) is 23.1 Å². The van der Waals surface area contributed by atoms with Crippen molar-refractivity contribution in [2.45, 2.75) is 31.6 Å². The summed E-state index contributed by atoms with van der Waals surface area (Å²) in [6, 6.07) is 7.60. The summed E-state index contributed by atoms with van der Waals surface area (Å²) in [7, 11) is 1.23. The number of H-pyrrole nitrogens is 1. The summed E-state index contributed by atoms with van der Waals surface area (Å²) in [6.45, 7) is 0.343. The van der Waals surface area contributed by atoms with Crippen molar-refractivity contribution in [2.75, 3.05) is 13.7 Å². The van der Waals surface area contributed by atoms with Gasteiger partial charge in [0, 0.05) is 11.5 Å². The maximum atomic E-state index is 14.3. The van der Waals surface area contributed by atoms with Gasteiger partial charge in [-0.25, -0.2) is 13.6 Å². The Hall–Kier alpha value is -2.96. The van der Waals surface area contributed by atoms with E-state index in [1.54, 1.807) is 24.4 Å². The van der Waals surface area contributed by atoms with E-state index < -0.39 is 17.6 Å². The van der Waals surface area contributed by atoms with E-state index in [0.717, 1.165) is 36.6 Å². The molecule has 1 aromatic heterocycles. The lowest BCUT2D eigenvalue weighted by molar-refractivity contribution is 0.0595. The molecule has 1 aliphatic rings. The SMILES string of the molecule is COC(=O)c1cc([C@@H]2CCCC[C@H]2COc2cc3cn[nH]c3cc2F)ccc1F. The van der Waals surface area contributed by atoms with Gasteiger partial charge in [0.25, 0.3) is 0 Å². The monoisotopic (exact) mass is 400 g/mol. The number of carbonyl (C=O) groups excluding carboxylic acids is 1. The van der Waals surface area contributed by atoms with E-state index in [2.05, 4.69) is 14.9 Å². The minimum Gasteiger partial charge on any atom is -0.490 e. The summed E-state index contributed by atoms with van der Waals surface area (Å²) in [5, 5.41) is 7.42. The lowest BCUT2D eigenvalue weighted by atomic mass is 9.75. The molecule has 5 nitrogen and oxygen atoms in total. The number of aromatic nitrogens is 2. The Morgan fingerprint density at radius 3 is 2.83 bits per heavy atom. The zero-order valence-corrected chi connectivity index (χ0v) is 16.1. The lowest BCUT2D eigenvalue weighted by Gasteiger charge is -2.32. The highest BCUT2D eigenvalue weighted by Gasteiger charge is 2.29. The minimum absolute atomic E-state index is 0.0632. The second kappa shape index (κ2) is 8.19. The Morgan fingerprint density at radius 1 is 1.17 bits per heavy atom. The number of hydrogen-bond donors (Lipinski definition) is 1. The fraction of sp³-hybridized carbons (Fsp3) is 0.364. The standard InChI is InChI=1S/C22H22F2N2O3/c1-28-22(27)17-8-13(6-7-18(17)23)16-5-3-2-4-14(16)12-29-21-9-15-11-25-26-20(15)10-19(21)24/h6-11,14,16H,2-5,12H2,1H3,(H,25,26)/t14-,16-/m0/s1. The van der Waals surface area contributed by atoms with Gasteiger partial charge in [0.1, 0.15) is 5.82 Å². The van der Waals surface area contributed by atoms with Gasteiger partial charge in [-0.2, -0.15) is 5.10 Å². The van der Waals surface area contributed by atoms with Crippen LogP contribution < -0.4 is 4.74 Å². The highest BCUT2D eigenvalue weighted by Crippen LogP contribution is 2.39. The van der Waals surface area contributed by atoms with Crippen molar-refractivity contribution in [3.63, 3.8) is 0 Å². The summed E-state index contributed by atoms with van der Waals surface area (Å²) < 4.78 is 38.9. The van der Waals surface area contributed by atoms with Gasteiger partial charge in [0.05, 0.1) is 31.0 Å². The van der Waals surface area contributed by atoms with Crippen LogP contribution in [0.25, 0.3) is 10.9 Å². The van der Waals surface area contributed by atoms with Crippen LogP contribution in [0.4, 0.5) is 8.78 Å². The van der Waals surface area contributed by atoms with Gasteiger partial charge in [-0.15, -0.1) is 0 Å². The van der Waals surface area contributed by atoms with Crippen LogP contribution in [0.15, 0.2) is 36.5 Å². The Kier molecular flexibility index (Phi) is 5.47. The van der Waals surface area contributed by atoms with Crippen LogP contribution in [0, 0.1) is 17.6 Å². The molecule has 1 heterocycles. The number of benzene rings is 2. The summed E-state index contributed by atoms with van der Waals surface area (Å²) in [4.78, 5) is 11.8. The quantitative estimate of drug-likeness (QED) is 0.614. The first-order valence-electron chi connectivity index (χ1n) is 9.70. The molecule has 1 fully saturated rings. The molecule has 1 saturated carbocycles. The molecule has 1 aliphatic carbocycles. The molecular formula is C22H22F2N2O3. The van der Waals surface area contributed by atoms with Gasteiger partial charge in [-0.1, -0.05) is 18.9 Å². The van der Waals surface area contributed by atoms with E-state index in [9.17, 15) is 13.6 Å². The van der Waals surface area contributed by atoms with E-state index >= 15 is 0 Å². The number of esters is 1. The Labute approximate surface area is 167 Å². The number of methoxy groups -OCH3 is 1. The Morgan fingerprint density at radius 2 is 2.00 bits per heavy atom. The number of hydrogen-bond acceptors (Lipinski definition) is 4. The zero-order valence-electron chi connectivity index (χ0n) is 16.1. The molecule has 0 unspecified atom stereocenters. The van der Waals surface area contributed by atoms with Crippen molar-refractivity contribution in [1.82, 2.24) is 10.2 Å². The zero-order chi connectivity index (χ0) is 20.4. The fourth-order valence-corrected chi connectivity index (χ4v) is 4.14. The van der Waals surface area contributed by atoms with E-state index in [1.807, 2.05) is 0 Å². The molecule has 0 radical (unpaired) electrons. The summed E-state index contributed by atoms with van der Waals surface area (Å²) in [5.41, 5.74) is 1.43. The Bertz CT molecular complexity index is 1030. The topological polar surface area (TPSA) is 64.2 Å². The number of aromatic amines is 1.